The Morgan fingerprint density at radius 3 is 2.71 bits per heavy atom. The Morgan fingerprint density at radius 1 is 1.18 bits per heavy atom. The lowest BCUT2D eigenvalue weighted by Crippen LogP contribution is -2.22. The first-order valence-corrected chi connectivity index (χ1v) is 9.65. The second kappa shape index (κ2) is 7.61. The van der Waals surface area contributed by atoms with Crippen LogP contribution in [0.15, 0.2) is 58.7 Å². The van der Waals surface area contributed by atoms with Crippen LogP contribution in [0.4, 0.5) is 8.78 Å². The van der Waals surface area contributed by atoms with Crippen LogP contribution in [-0.2, 0) is 6.54 Å². The van der Waals surface area contributed by atoms with Crippen molar-refractivity contribution in [2.75, 3.05) is 0 Å². The first kappa shape index (κ1) is 18.5. The fourth-order valence-electron chi connectivity index (χ4n) is 3.12. The fourth-order valence-corrected chi connectivity index (χ4v) is 4.09. The number of hydrogen-bond acceptors (Lipinski definition) is 4. The molecule has 0 fully saturated rings. The molecule has 0 aliphatic rings. The van der Waals surface area contributed by atoms with Gasteiger partial charge in [0.1, 0.15) is 22.3 Å². The molecule has 0 saturated heterocycles. The molecule has 0 bridgehead atoms. The van der Waals surface area contributed by atoms with E-state index in [9.17, 15) is 13.6 Å². The van der Waals surface area contributed by atoms with Gasteiger partial charge in [-0.2, -0.15) is 0 Å². The van der Waals surface area contributed by atoms with Gasteiger partial charge >= 0.3 is 0 Å². The highest BCUT2D eigenvalue weighted by Crippen LogP contribution is 2.30. The number of rotatable bonds is 5. The second-order valence-corrected chi connectivity index (χ2v) is 7.33. The quantitative estimate of drug-likeness (QED) is 0.510. The van der Waals surface area contributed by atoms with Gasteiger partial charge in [0.05, 0.1) is 11.9 Å². The van der Waals surface area contributed by atoms with E-state index in [4.69, 9.17) is 0 Å². The smallest absolute Gasteiger partial charge is 0.260 e. The van der Waals surface area contributed by atoms with Crippen molar-refractivity contribution in [2.45, 2.75) is 19.5 Å². The van der Waals surface area contributed by atoms with Crippen LogP contribution >= 0.6 is 11.3 Å². The molecule has 142 valence electrons. The Bertz CT molecular complexity index is 1190. The summed E-state index contributed by atoms with van der Waals surface area (Å²) in [5, 5.41) is 5.61. The van der Waals surface area contributed by atoms with Crippen molar-refractivity contribution in [1.82, 2.24) is 15.3 Å². The Kier molecular flexibility index (Phi) is 5.02. The molecule has 4 nitrogen and oxygen atoms in total. The first-order valence-electron chi connectivity index (χ1n) is 8.77. The number of aromatic amines is 1. The van der Waals surface area contributed by atoms with Gasteiger partial charge in [-0.3, -0.25) is 4.79 Å². The number of H-pyrrole nitrogens is 1. The molecule has 0 spiro atoms. The van der Waals surface area contributed by atoms with Crippen molar-refractivity contribution in [1.29, 1.82) is 0 Å². The van der Waals surface area contributed by atoms with Gasteiger partial charge in [0.25, 0.3) is 5.56 Å². The third-order valence-corrected chi connectivity index (χ3v) is 5.45. The van der Waals surface area contributed by atoms with Crippen LogP contribution in [0, 0.1) is 11.6 Å². The van der Waals surface area contributed by atoms with Gasteiger partial charge < -0.3 is 10.3 Å². The Hall–Kier alpha value is -2.90. The van der Waals surface area contributed by atoms with Crippen LogP contribution in [0.25, 0.3) is 21.3 Å². The molecule has 0 aliphatic carbocycles. The maximum Gasteiger partial charge on any atom is 0.260 e. The van der Waals surface area contributed by atoms with E-state index in [1.165, 1.54) is 23.5 Å². The van der Waals surface area contributed by atoms with E-state index in [2.05, 4.69) is 15.3 Å². The van der Waals surface area contributed by atoms with Crippen LogP contribution in [0.1, 0.15) is 24.4 Å². The zero-order valence-corrected chi connectivity index (χ0v) is 15.8. The van der Waals surface area contributed by atoms with Crippen molar-refractivity contribution in [2.24, 2.45) is 0 Å². The second-order valence-electron chi connectivity index (χ2n) is 6.48. The minimum atomic E-state index is -0.614. The summed E-state index contributed by atoms with van der Waals surface area (Å²) in [6, 6.07) is 12.8. The van der Waals surface area contributed by atoms with Crippen molar-refractivity contribution < 1.29 is 8.78 Å². The molecule has 4 aromatic rings. The summed E-state index contributed by atoms with van der Waals surface area (Å²) in [5.74, 6) is -0.757. The van der Waals surface area contributed by atoms with Crippen LogP contribution in [0.5, 0.6) is 0 Å². The number of aromatic nitrogens is 2. The summed E-state index contributed by atoms with van der Waals surface area (Å²) in [6.07, 6.45) is 0. The zero-order chi connectivity index (χ0) is 19.7. The predicted molar refractivity (Wildman–Crippen MR) is 107 cm³/mol. The molecule has 0 unspecified atom stereocenters. The Balaban J connectivity index is 1.58. The van der Waals surface area contributed by atoms with Crippen molar-refractivity contribution >= 4 is 21.6 Å². The number of benzene rings is 2. The highest BCUT2D eigenvalue weighted by Gasteiger charge is 2.15. The molecule has 2 aromatic carbocycles. The lowest BCUT2D eigenvalue weighted by atomic mass is 10.1. The number of hydrogen-bond donors (Lipinski definition) is 2. The minimum absolute atomic E-state index is 0.206. The summed E-state index contributed by atoms with van der Waals surface area (Å²) in [6.45, 7) is 2.02. The van der Waals surface area contributed by atoms with Gasteiger partial charge in [0.2, 0.25) is 0 Å². The van der Waals surface area contributed by atoms with E-state index >= 15 is 0 Å². The third-order valence-electron chi connectivity index (χ3n) is 4.58. The number of fused-ring (bicyclic) bond motifs is 1. The lowest BCUT2D eigenvalue weighted by molar-refractivity contribution is 0.511. The van der Waals surface area contributed by atoms with Crippen LogP contribution in [0.2, 0.25) is 0 Å². The average molecular weight is 397 g/mol. The molecule has 4 rings (SSSR count). The molecule has 2 N–H and O–H groups in total. The average Bonchev–Trinajstić information content (AvgIpc) is 3.11. The number of thiophene rings is 1. The zero-order valence-electron chi connectivity index (χ0n) is 15.0. The molecular weight excluding hydrogens is 380 g/mol. The summed E-state index contributed by atoms with van der Waals surface area (Å²) >= 11 is 1.41. The topological polar surface area (TPSA) is 57.8 Å². The number of nitrogens with zero attached hydrogens (tertiary/aromatic N) is 1. The fraction of sp³-hybridized carbons (Fsp3) is 0.143. The van der Waals surface area contributed by atoms with Gasteiger partial charge in [0, 0.05) is 28.6 Å². The number of halogens is 2. The lowest BCUT2D eigenvalue weighted by Gasteiger charge is -2.14. The molecule has 7 heteroatoms. The van der Waals surface area contributed by atoms with E-state index in [0.717, 1.165) is 17.2 Å². The highest BCUT2D eigenvalue weighted by atomic mass is 32.1. The van der Waals surface area contributed by atoms with Crippen molar-refractivity contribution in [3.63, 3.8) is 0 Å². The Morgan fingerprint density at radius 2 is 1.96 bits per heavy atom. The van der Waals surface area contributed by atoms with E-state index in [1.807, 2.05) is 35.7 Å². The molecule has 28 heavy (non-hydrogen) atoms. The molecule has 0 saturated carbocycles. The van der Waals surface area contributed by atoms with Crippen LogP contribution < -0.4 is 10.9 Å². The normalized spacial score (nSPS) is 12.4. The minimum Gasteiger partial charge on any atom is -0.309 e. The van der Waals surface area contributed by atoms with E-state index in [-0.39, 0.29) is 18.1 Å². The number of nitrogens with one attached hydrogen (secondary N) is 2. The molecule has 0 amide bonds. The molecule has 0 aliphatic heterocycles. The van der Waals surface area contributed by atoms with Gasteiger partial charge in [-0.15, -0.1) is 11.3 Å². The van der Waals surface area contributed by atoms with Crippen LogP contribution in [-0.4, -0.2) is 9.97 Å². The van der Waals surface area contributed by atoms with Crippen LogP contribution in [0.3, 0.4) is 0 Å². The highest BCUT2D eigenvalue weighted by molar-refractivity contribution is 7.17. The summed E-state index contributed by atoms with van der Waals surface area (Å²) in [5.41, 5.74) is 1.97. The van der Waals surface area contributed by atoms with Gasteiger partial charge in [0.15, 0.2) is 0 Å². The van der Waals surface area contributed by atoms with Gasteiger partial charge in [-0.1, -0.05) is 36.4 Å². The molecule has 0 radical (unpaired) electrons. The largest absolute Gasteiger partial charge is 0.309 e. The summed E-state index contributed by atoms with van der Waals surface area (Å²) < 4.78 is 27.0. The maximum atomic E-state index is 13.9. The standard InChI is InChI=1S/C21H17F2N3OS/c1-12(15-8-7-14(22)9-17(15)23)24-10-18-25-20(27)19-16(11-28-21(19)26-18)13-5-3-2-4-6-13/h2-9,11-12,24H,10H2,1H3,(H,25,26,27)/t12-/m0/s1. The van der Waals surface area contributed by atoms with E-state index in [0.29, 0.717) is 21.6 Å². The van der Waals surface area contributed by atoms with E-state index < -0.39 is 11.6 Å². The molecule has 1 atom stereocenters. The predicted octanol–water partition coefficient (Wildman–Crippen LogP) is 4.78. The SMILES string of the molecule is C[C@H](NCc1nc2scc(-c3ccccc3)c2c(=O)[nH]1)c1ccc(F)cc1F. The molecule has 2 aromatic heterocycles. The molecule has 2 heterocycles. The first-order chi connectivity index (χ1) is 13.5. The van der Waals surface area contributed by atoms with Gasteiger partial charge in [-0.05, 0) is 18.6 Å². The van der Waals surface area contributed by atoms with Gasteiger partial charge in [-0.25, -0.2) is 13.8 Å². The van der Waals surface area contributed by atoms with E-state index in [1.54, 1.807) is 6.92 Å². The Labute approximate surface area is 163 Å². The third kappa shape index (κ3) is 3.58. The van der Waals surface area contributed by atoms with Crippen molar-refractivity contribution in [3.8, 4) is 11.1 Å². The summed E-state index contributed by atoms with van der Waals surface area (Å²) in [7, 11) is 0. The maximum absolute atomic E-state index is 13.9. The van der Waals surface area contributed by atoms with Crippen molar-refractivity contribution in [3.05, 3.63) is 87.3 Å². The summed E-state index contributed by atoms with van der Waals surface area (Å²) in [4.78, 5) is 20.6. The monoisotopic (exact) mass is 397 g/mol. The molecular formula is C21H17F2N3OS.